The first kappa shape index (κ1) is 24.1. The van der Waals surface area contributed by atoms with Crippen LogP contribution in [0.2, 0.25) is 10.0 Å². The molecule has 0 saturated carbocycles. The van der Waals surface area contributed by atoms with Gasteiger partial charge in [0.25, 0.3) is 0 Å². The highest BCUT2D eigenvalue weighted by Gasteiger charge is 2.20. The first-order valence-corrected chi connectivity index (χ1v) is 12.9. The van der Waals surface area contributed by atoms with E-state index >= 15 is 0 Å². The first-order valence-electron chi connectivity index (χ1n) is 12.1. The van der Waals surface area contributed by atoms with Gasteiger partial charge in [-0.15, -0.1) is 5.11 Å². The van der Waals surface area contributed by atoms with Gasteiger partial charge < -0.3 is 19.7 Å². The third-order valence-electron chi connectivity index (χ3n) is 6.42. The number of halogens is 2. The predicted molar refractivity (Wildman–Crippen MR) is 157 cm³/mol. The van der Waals surface area contributed by atoms with Crippen LogP contribution >= 0.6 is 23.2 Å². The molecule has 7 rings (SSSR count). The van der Waals surface area contributed by atoms with Gasteiger partial charge in [0, 0.05) is 26.7 Å². The predicted octanol–water partition coefficient (Wildman–Crippen LogP) is 9.47. The Labute approximate surface area is 236 Å². The lowest BCUT2D eigenvalue weighted by molar-refractivity contribution is 0.476. The summed E-state index contributed by atoms with van der Waals surface area (Å²) >= 11 is 12.3. The summed E-state index contributed by atoms with van der Waals surface area (Å²) in [5.74, 6) is 0.506. The number of nitrogens with zero attached hydrogens (tertiary/aromatic N) is 4. The molecule has 0 aliphatic rings. The third kappa shape index (κ3) is 4.29. The fraction of sp³-hybridized carbons (Fsp3) is 0. The zero-order chi connectivity index (χ0) is 27.4. The van der Waals surface area contributed by atoms with Crippen LogP contribution in [0.5, 0.6) is 5.75 Å². The van der Waals surface area contributed by atoms with Gasteiger partial charge in [0.2, 0.25) is 11.8 Å². The van der Waals surface area contributed by atoms with E-state index in [2.05, 4.69) is 20.2 Å². The van der Waals surface area contributed by atoms with Gasteiger partial charge in [-0.25, -0.2) is 9.97 Å². The zero-order valence-electron chi connectivity index (χ0n) is 20.5. The van der Waals surface area contributed by atoms with E-state index in [0.717, 1.165) is 10.9 Å². The number of benzene rings is 5. The minimum atomic E-state index is -0.131. The Morgan fingerprint density at radius 2 is 1.35 bits per heavy atom. The number of azo groups is 1. The molecule has 0 radical (unpaired) electrons. The van der Waals surface area contributed by atoms with Crippen molar-refractivity contribution in [2.75, 3.05) is 5.73 Å². The van der Waals surface area contributed by atoms with Crippen LogP contribution in [0.1, 0.15) is 0 Å². The summed E-state index contributed by atoms with van der Waals surface area (Å²) in [5, 5.41) is 22.6. The second kappa shape index (κ2) is 9.37. The van der Waals surface area contributed by atoms with Crippen LogP contribution in [0.15, 0.2) is 104 Å². The van der Waals surface area contributed by atoms with E-state index in [4.69, 9.17) is 37.8 Å². The standard InChI is InChI=1S/C30H17Cl2N5O3/c31-17-2-9-25-23(13-17)34-29(39-25)15-1-8-21-16(11-15)12-22(30-35-24-14-18(32)3-10-26(24)40-30)28(38)27(21)37-36-20-6-4-19(33)5-7-20/h1-14,38H,33H2. The van der Waals surface area contributed by atoms with E-state index in [1.54, 1.807) is 66.7 Å². The summed E-state index contributed by atoms with van der Waals surface area (Å²) in [7, 11) is 0. The number of aromatic hydroxyl groups is 1. The topological polar surface area (TPSA) is 123 Å². The molecule has 3 N–H and O–H groups in total. The van der Waals surface area contributed by atoms with Crippen LogP contribution in [-0.4, -0.2) is 15.1 Å². The van der Waals surface area contributed by atoms with Crippen LogP contribution in [0.25, 0.3) is 55.9 Å². The lowest BCUT2D eigenvalue weighted by atomic mass is 10.0. The van der Waals surface area contributed by atoms with Crippen molar-refractivity contribution in [1.82, 2.24) is 9.97 Å². The Hall–Kier alpha value is -4.92. The molecular weight excluding hydrogens is 549 g/mol. The number of nitrogens with two attached hydrogens (primary N) is 1. The number of rotatable bonds is 4. The van der Waals surface area contributed by atoms with E-state index in [1.165, 1.54) is 0 Å². The maximum Gasteiger partial charge on any atom is 0.231 e. The van der Waals surface area contributed by atoms with Gasteiger partial charge in [0.05, 0.1) is 11.3 Å². The van der Waals surface area contributed by atoms with Gasteiger partial charge in [0.15, 0.2) is 16.9 Å². The van der Waals surface area contributed by atoms with Crippen LogP contribution in [0.3, 0.4) is 0 Å². The van der Waals surface area contributed by atoms with Crippen LogP contribution < -0.4 is 5.73 Å². The average Bonchev–Trinajstić information content (AvgIpc) is 3.56. The molecule has 0 atom stereocenters. The molecule has 0 unspecified atom stereocenters. The summed E-state index contributed by atoms with van der Waals surface area (Å²) in [5.41, 5.74) is 10.7. The van der Waals surface area contributed by atoms with Gasteiger partial charge in [-0.1, -0.05) is 29.3 Å². The molecule has 8 nitrogen and oxygen atoms in total. The Bertz CT molecular complexity index is 2120. The monoisotopic (exact) mass is 565 g/mol. The highest BCUT2D eigenvalue weighted by Crippen LogP contribution is 2.45. The second-order valence-electron chi connectivity index (χ2n) is 9.11. The minimum absolute atomic E-state index is 0.131. The van der Waals surface area contributed by atoms with Gasteiger partial charge in [0.1, 0.15) is 16.7 Å². The number of fused-ring (bicyclic) bond motifs is 3. The molecule has 5 aromatic carbocycles. The molecule has 10 heteroatoms. The Balaban J connectivity index is 1.42. The Morgan fingerprint density at radius 1 is 0.700 bits per heavy atom. The third-order valence-corrected chi connectivity index (χ3v) is 6.89. The van der Waals surface area contributed by atoms with Gasteiger partial charge in [-0.05, 0) is 84.2 Å². The normalized spacial score (nSPS) is 11.8. The molecule has 7 aromatic rings. The molecular formula is C30H17Cl2N5O3. The molecule has 2 heterocycles. The van der Waals surface area contributed by atoms with Crippen LogP contribution in [0, 0.1) is 0 Å². The largest absolute Gasteiger partial charge is 0.505 e. The van der Waals surface area contributed by atoms with Crippen molar-refractivity contribution in [3.8, 4) is 28.7 Å². The lowest BCUT2D eigenvalue weighted by Crippen LogP contribution is -1.85. The number of hydrogen-bond acceptors (Lipinski definition) is 8. The van der Waals surface area contributed by atoms with E-state index in [1.807, 2.05) is 18.2 Å². The average molecular weight is 566 g/mol. The van der Waals surface area contributed by atoms with E-state index < -0.39 is 0 Å². The van der Waals surface area contributed by atoms with Gasteiger partial charge in [-0.2, -0.15) is 5.11 Å². The van der Waals surface area contributed by atoms with Crippen LogP contribution in [-0.2, 0) is 0 Å². The number of phenolic OH excluding ortho intramolecular Hbond substituents is 1. The lowest BCUT2D eigenvalue weighted by Gasteiger charge is -2.09. The van der Waals surface area contributed by atoms with Crippen molar-refractivity contribution in [2.45, 2.75) is 0 Å². The summed E-state index contributed by atoms with van der Waals surface area (Å²) in [6, 6.07) is 24.7. The molecule has 0 aliphatic heterocycles. The maximum atomic E-state index is 11.4. The number of anilines is 1. The molecule has 0 saturated heterocycles. The van der Waals surface area contributed by atoms with Crippen molar-refractivity contribution in [3.05, 3.63) is 95.0 Å². The second-order valence-corrected chi connectivity index (χ2v) is 9.98. The highest BCUT2D eigenvalue weighted by molar-refractivity contribution is 6.31. The van der Waals surface area contributed by atoms with Crippen molar-refractivity contribution in [2.24, 2.45) is 10.2 Å². The van der Waals surface area contributed by atoms with E-state index in [9.17, 15) is 5.11 Å². The Kier molecular flexibility index (Phi) is 5.66. The molecule has 0 spiro atoms. The minimum Gasteiger partial charge on any atom is -0.505 e. The summed E-state index contributed by atoms with van der Waals surface area (Å²) < 4.78 is 12.0. The number of oxazole rings is 2. The number of aromatic nitrogens is 2. The maximum absolute atomic E-state index is 11.4. The smallest absolute Gasteiger partial charge is 0.231 e. The molecule has 194 valence electrons. The first-order chi connectivity index (χ1) is 19.4. The van der Waals surface area contributed by atoms with Crippen molar-refractivity contribution in [3.63, 3.8) is 0 Å². The zero-order valence-corrected chi connectivity index (χ0v) is 22.0. The SMILES string of the molecule is Nc1ccc(N=Nc2c(O)c(-c3nc4cc(Cl)ccc4o3)cc3cc(-c4nc5cc(Cl)ccc5o4)ccc23)cc1. The quantitative estimate of drug-likeness (QED) is 0.162. The number of hydrogen-bond donors (Lipinski definition) is 2. The highest BCUT2D eigenvalue weighted by atomic mass is 35.5. The number of nitrogen functional groups attached to an aromatic ring is 1. The summed E-state index contributed by atoms with van der Waals surface area (Å²) in [6.07, 6.45) is 0. The Morgan fingerprint density at radius 3 is 2.05 bits per heavy atom. The molecule has 0 fully saturated rings. The van der Waals surface area contributed by atoms with Gasteiger partial charge in [-0.3, -0.25) is 0 Å². The molecule has 0 bridgehead atoms. The van der Waals surface area contributed by atoms with E-state index in [-0.39, 0.29) is 17.3 Å². The molecule has 2 aromatic heterocycles. The summed E-state index contributed by atoms with van der Waals surface area (Å²) in [6.45, 7) is 0. The molecule has 40 heavy (non-hydrogen) atoms. The van der Waals surface area contributed by atoms with Gasteiger partial charge >= 0.3 is 0 Å². The molecule has 0 aliphatic carbocycles. The fourth-order valence-corrected chi connectivity index (χ4v) is 4.80. The fourth-order valence-electron chi connectivity index (χ4n) is 4.46. The summed E-state index contributed by atoms with van der Waals surface area (Å²) in [4.78, 5) is 9.15. The van der Waals surface area contributed by atoms with Crippen molar-refractivity contribution < 1.29 is 13.9 Å². The van der Waals surface area contributed by atoms with Crippen molar-refractivity contribution >= 4 is 73.2 Å². The number of phenols is 1. The van der Waals surface area contributed by atoms with Crippen LogP contribution in [0.4, 0.5) is 17.1 Å². The van der Waals surface area contributed by atoms with E-state index in [0.29, 0.717) is 60.5 Å². The molecule has 0 amide bonds. The van der Waals surface area contributed by atoms with Crippen molar-refractivity contribution in [1.29, 1.82) is 0 Å².